The zero-order chi connectivity index (χ0) is 11.5. The van der Waals surface area contributed by atoms with E-state index >= 15 is 0 Å². The number of nitrogens with zero attached hydrogens (tertiary/aromatic N) is 2. The van der Waals surface area contributed by atoms with Gasteiger partial charge >= 0.3 is 0 Å². The van der Waals surface area contributed by atoms with E-state index in [1.54, 1.807) is 0 Å². The molecule has 0 atom stereocenters. The number of aryl methyl sites for hydroxylation is 2. The van der Waals surface area contributed by atoms with Crippen LogP contribution in [-0.4, -0.2) is 9.97 Å². The summed E-state index contributed by atoms with van der Waals surface area (Å²) in [6, 6.07) is 10.3. The van der Waals surface area contributed by atoms with Crippen molar-refractivity contribution >= 4 is 11.6 Å². The van der Waals surface area contributed by atoms with Gasteiger partial charge in [0.25, 0.3) is 0 Å². The van der Waals surface area contributed by atoms with Gasteiger partial charge in [0.15, 0.2) is 0 Å². The van der Waals surface area contributed by atoms with Crippen molar-refractivity contribution in [1.29, 1.82) is 0 Å². The van der Waals surface area contributed by atoms with Gasteiger partial charge in [-0.2, -0.15) is 0 Å². The van der Waals surface area contributed by atoms with Crippen molar-refractivity contribution in [1.82, 2.24) is 9.97 Å². The van der Waals surface area contributed by atoms with Crippen LogP contribution in [0.5, 0.6) is 0 Å². The first-order chi connectivity index (χ1) is 7.69. The Kier molecular flexibility index (Phi) is 3.20. The van der Waals surface area contributed by atoms with E-state index in [-0.39, 0.29) is 0 Å². The minimum absolute atomic E-state index is 0.301. The maximum atomic E-state index is 5.84. The summed E-state index contributed by atoms with van der Waals surface area (Å²) in [7, 11) is 0. The molecule has 82 valence electrons. The Balaban J connectivity index is 2.42. The first-order valence-electron chi connectivity index (χ1n) is 5.29. The van der Waals surface area contributed by atoms with Crippen LogP contribution in [0.25, 0.3) is 11.3 Å². The minimum atomic E-state index is 0.301. The van der Waals surface area contributed by atoms with Gasteiger partial charge in [0, 0.05) is 11.3 Å². The molecule has 0 fully saturated rings. The van der Waals surface area contributed by atoms with Gasteiger partial charge in [-0.15, -0.1) is 0 Å². The average molecular weight is 233 g/mol. The highest BCUT2D eigenvalue weighted by molar-refractivity contribution is 6.28. The van der Waals surface area contributed by atoms with E-state index in [9.17, 15) is 0 Å². The molecule has 1 aromatic carbocycles. The fourth-order valence-corrected chi connectivity index (χ4v) is 1.82. The molecule has 0 N–H and O–H groups in total. The van der Waals surface area contributed by atoms with Gasteiger partial charge in [0.05, 0.1) is 5.69 Å². The Morgan fingerprint density at radius 3 is 2.38 bits per heavy atom. The maximum Gasteiger partial charge on any atom is 0.223 e. The van der Waals surface area contributed by atoms with Crippen LogP contribution in [0.2, 0.25) is 5.28 Å². The first kappa shape index (κ1) is 11.1. The van der Waals surface area contributed by atoms with Crippen LogP contribution in [0.4, 0.5) is 0 Å². The molecule has 0 saturated heterocycles. The second-order valence-corrected chi connectivity index (χ2v) is 4.05. The number of benzene rings is 1. The zero-order valence-corrected chi connectivity index (χ0v) is 10.1. The van der Waals surface area contributed by atoms with Crippen molar-refractivity contribution in [2.45, 2.75) is 20.3 Å². The number of halogens is 1. The number of hydrogen-bond acceptors (Lipinski definition) is 2. The summed E-state index contributed by atoms with van der Waals surface area (Å²) in [5.41, 5.74) is 4.15. The molecule has 0 aliphatic carbocycles. The Morgan fingerprint density at radius 1 is 1.12 bits per heavy atom. The van der Waals surface area contributed by atoms with Crippen molar-refractivity contribution in [3.63, 3.8) is 0 Å². The molecule has 0 bridgehead atoms. The van der Waals surface area contributed by atoms with Gasteiger partial charge in [-0.3, -0.25) is 0 Å². The molecule has 16 heavy (non-hydrogen) atoms. The molecule has 2 aromatic rings. The molecular weight excluding hydrogens is 220 g/mol. The van der Waals surface area contributed by atoms with Crippen molar-refractivity contribution in [3.05, 3.63) is 46.9 Å². The predicted octanol–water partition coefficient (Wildman–Crippen LogP) is 3.67. The van der Waals surface area contributed by atoms with Gasteiger partial charge in [-0.1, -0.05) is 31.2 Å². The van der Waals surface area contributed by atoms with Crippen molar-refractivity contribution in [2.75, 3.05) is 0 Å². The van der Waals surface area contributed by atoms with E-state index in [0.29, 0.717) is 5.28 Å². The fourth-order valence-electron chi connectivity index (χ4n) is 1.59. The Hall–Kier alpha value is -1.41. The minimum Gasteiger partial charge on any atom is -0.223 e. The smallest absolute Gasteiger partial charge is 0.223 e. The van der Waals surface area contributed by atoms with Crippen molar-refractivity contribution in [3.8, 4) is 11.3 Å². The Morgan fingerprint density at radius 2 is 1.81 bits per heavy atom. The lowest BCUT2D eigenvalue weighted by molar-refractivity contribution is 1.10. The molecule has 0 aliphatic rings. The van der Waals surface area contributed by atoms with E-state index in [4.69, 9.17) is 11.6 Å². The lowest BCUT2D eigenvalue weighted by Crippen LogP contribution is -1.91. The number of aromatic nitrogens is 2. The lowest BCUT2D eigenvalue weighted by Gasteiger charge is -2.03. The van der Waals surface area contributed by atoms with Gasteiger partial charge in [-0.05, 0) is 36.6 Å². The average Bonchev–Trinajstić information content (AvgIpc) is 2.28. The summed E-state index contributed by atoms with van der Waals surface area (Å²) in [5.74, 6) is 0. The standard InChI is InChI=1S/C13H13ClN2/c1-3-10-4-6-11(7-5-10)12-8-9(2)15-13(14)16-12/h4-8H,3H2,1-2H3. The normalized spacial score (nSPS) is 10.4. The van der Waals surface area contributed by atoms with Crippen LogP contribution >= 0.6 is 11.6 Å². The van der Waals surface area contributed by atoms with E-state index in [1.165, 1.54) is 5.56 Å². The summed E-state index contributed by atoms with van der Waals surface area (Å²) < 4.78 is 0. The molecular formula is C13H13ClN2. The summed E-state index contributed by atoms with van der Waals surface area (Å²) in [5, 5.41) is 0.301. The largest absolute Gasteiger partial charge is 0.223 e. The number of hydrogen-bond donors (Lipinski definition) is 0. The lowest BCUT2D eigenvalue weighted by atomic mass is 10.1. The summed E-state index contributed by atoms with van der Waals surface area (Å²) in [4.78, 5) is 8.26. The van der Waals surface area contributed by atoms with E-state index < -0.39 is 0 Å². The zero-order valence-electron chi connectivity index (χ0n) is 9.37. The van der Waals surface area contributed by atoms with E-state index in [1.807, 2.05) is 13.0 Å². The molecule has 0 saturated carbocycles. The molecule has 0 aliphatic heterocycles. The quantitative estimate of drug-likeness (QED) is 0.739. The van der Waals surface area contributed by atoms with Crippen molar-refractivity contribution < 1.29 is 0 Å². The third kappa shape index (κ3) is 2.39. The topological polar surface area (TPSA) is 25.8 Å². The van der Waals surface area contributed by atoms with Crippen LogP contribution < -0.4 is 0 Å². The SMILES string of the molecule is CCc1ccc(-c2cc(C)nc(Cl)n2)cc1. The monoisotopic (exact) mass is 232 g/mol. The van der Waals surface area contributed by atoms with Crippen LogP contribution in [-0.2, 0) is 6.42 Å². The van der Waals surface area contributed by atoms with Crippen LogP contribution in [0, 0.1) is 6.92 Å². The third-order valence-corrected chi connectivity index (χ3v) is 2.65. The molecule has 1 aromatic heterocycles. The molecule has 1 heterocycles. The molecule has 0 radical (unpaired) electrons. The van der Waals surface area contributed by atoms with E-state index in [2.05, 4.69) is 41.2 Å². The highest BCUT2D eigenvalue weighted by Gasteiger charge is 2.02. The Bertz CT molecular complexity index is 472. The van der Waals surface area contributed by atoms with Crippen LogP contribution in [0.15, 0.2) is 30.3 Å². The molecule has 2 rings (SSSR count). The third-order valence-electron chi connectivity index (χ3n) is 2.48. The van der Waals surface area contributed by atoms with Crippen molar-refractivity contribution in [2.24, 2.45) is 0 Å². The Labute approximate surface area is 100 Å². The van der Waals surface area contributed by atoms with Gasteiger partial charge in [0.2, 0.25) is 5.28 Å². The van der Waals surface area contributed by atoms with Gasteiger partial charge in [0.1, 0.15) is 0 Å². The molecule has 0 unspecified atom stereocenters. The highest BCUT2D eigenvalue weighted by Crippen LogP contribution is 2.19. The van der Waals surface area contributed by atoms with Gasteiger partial charge < -0.3 is 0 Å². The number of rotatable bonds is 2. The molecule has 0 spiro atoms. The molecule has 2 nitrogen and oxygen atoms in total. The fraction of sp³-hybridized carbons (Fsp3) is 0.231. The van der Waals surface area contributed by atoms with Gasteiger partial charge in [-0.25, -0.2) is 9.97 Å². The molecule has 3 heteroatoms. The second kappa shape index (κ2) is 4.62. The second-order valence-electron chi connectivity index (χ2n) is 3.71. The van der Waals surface area contributed by atoms with E-state index in [0.717, 1.165) is 23.4 Å². The van der Waals surface area contributed by atoms with Crippen LogP contribution in [0.1, 0.15) is 18.2 Å². The maximum absolute atomic E-state index is 5.84. The summed E-state index contributed by atoms with van der Waals surface area (Å²) in [6.45, 7) is 4.05. The first-order valence-corrected chi connectivity index (χ1v) is 5.67. The molecule has 0 amide bonds. The highest BCUT2D eigenvalue weighted by atomic mass is 35.5. The van der Waals surface area contributed by atoms with Crippen LogP contribution in [0.3, 0.4) is 0 Å². The summed E-state index contributed by atoms with van der Waals surface area (Å²) in [6.07, 6.45) is 1.05. The predicted molar refractivity (Wildman–Crippen MR) is 66.6 cm³/mol. The summed E-state index contributed by atoms with van der Waals surface area (Å²) >= 11 is 5.84.